The maximum atomic E-state index is 2.29. The zero-order valence-corrected chi connectivity index (χ0v) is 9.46. The van der Waals surface area contributed by atoms with E-state index in [0.29, 0.717) is 16.3 Å². The first-order valence-corrected chi connectivity index (χ1v) is 4.48. The molecule has 1 rings (SSSR count). The zero-order valence-electron chi connectivity index (χ0n) is 5.61. The van der Waals surface area contributed by atoms with E-state index in [-0.39, 0.29) is 37.2 Å². The Balaban J connectivity index is -0.000000163. The number of allylic oxidation sites excluding steroid dienone is 4. The second-order valence-electron chi connectivity index (χ2n) is 1.51. The molecule has 0 nitrogen and oxygen atoms in total. The molecule has 0 amide bonds. The molecule has 0 unspecified atom stereocenters. The second-order valence-corrected chi connectivity index (χ2v) is 3.11. The summed E-state index contributed by atoms with van der Waals surface area (Å²) in [5, 5.41) is 0. The number of rotatable bonds is 1. The molecule has 0 N–H and O–H groups in total. The molecule has 1 aliphatic carbocycles. The molecule has 61 valence electrons. The average molecular weight is 240 g/mol. The predicted octanol–water partition coefficient (Wildman–Crippen LogP) is 3.23. The molecule has 0 atom stereocenters. The van der Waals surface area contributed by atoms with Gasteiger partial charge in [-0.15, -0.1) is 37.2 Å². The van der Waals surface area contributed by atoms with Crippen molar-refractivity contribution in [1.82, 2.24) is 0 Å². The van der Waals surface area contributed by atoms with E-state index < -0.39 is 0 Å². The third-order valence-electron chi connectivity index (χ3n) is 1.04. The molecule has 0 fully saturated rings. The van der Waals surface area contributed by atoms with Crippen LogP contribution in [0, 0.1) is 0 Å². The summed E-state index contributed by atoms with van der Waals surface area (Å²) in [5.74, 6) is 0. The maximum absolute atomic E-state index is 2.29. The van der Waals surface area contributed by atoms with E-state index in [1.165, 1.54) is 6.42 Å². The predicted molar refractivity (Wildman–Crippen MR) is 49.4 cm³/mol. The fourth-order valence-electron chi connectivity index (χ4n) is 0.602. The van der Waals surface area contributed by atoms with Crippen molar-refractivity contribution in [2.45, 2.75) is 12.1 Å². The first kappa shape index (κ1) is 17.1. The molecule has 0 spiro atoms. The van der Waals surface area contributed by atoms with Gasteiger partial charge in [0.05, 0.1) is 0 Å². The summed E-state index contributed by atoms with van der Waals surface area (Å²) >= 11 is 0.523. The van der Waals surface area contributed by atoms with E-state index in [1.54, 1.807) is 4.28 Å². The van der Waals surface area contributed by atoms with Crippen LogP contribution in [-0.4, -0.2) is 0 Å². The van der Waals surface area contributed by atoms with Gasteiger partial charge in [0.25, 0.3) is 0 Å². The third kappa shape index (κ3) is 5.70. The number of halogens is 3. The summed E-state index contributed by atoms with van der Waals surface area (Å²) in [7, 11) is 0. The molecule has 0 bridgehead atoms. The fourth-order valence-corrected chi connectivity index (χ4v) is 1.42. The van der Waals surface area contributed by atoms with Crippen LogP contribution >= 0.6 is 37.2 Å². The fraction of sp³-hybridized carbons (Fsp3) is 0.333. The van der Waals surface area contributed by atoms with Gasteiger partial charge in [0.1, 0.15) is 0 Å². The molecule has 4 heteroatoms. The van der Waals surface area contributed by atoms with Crippen molar-refractivity contribution in [3.63, 3.8) is 0 Å². The molecule has 0 aromatic rings. The molecule has 1 aliphatic rings. The molecular weight excluding hydrogens is 229 g/mol. The van der Waals surface area contributed by atoms with Crippen LogP contribution in [0.2, 0.25) is 5.64 Å². The summed E-state index contributed by atoms with van der Waals surface area (Å²) in [4.78, 5) is 0. The van der Waals surface area contributed by atoms with Gasteiger partial charge in [-0.1, -0.05) is 0 Å². The van der Waals surface area contributed by atoms with Gasteiger partial charge in [0.15, 0.2) is 0 Å². The van der Waals surface area contributed by atoms with Crippen molar-refractivity contribution < 1.29 is 16.3 Å². The van der Waals surface area contributed by atoms with Crippen molar-refractivity contribution in [2.75, 3.05) is 0 Å². The molecule has 0 saturated heterocycles. The van der Waals surface area contributed by atoms with Crippen molar-refractivity contribution in [1.29, 1.82) is 0 Å². The van der Waals surface area contributed by atoms with Gasteiger partial charge in [-0.25, -0.2) is 0 Å². The minimum absolute atomic E-state index is 0. The average Bonchev–Trinajstić information content (AvgIpc) is 2.14. The van der Waals surface area contributed by atoms with Crippen LogP contribution in [0.4, 0.5) is 0 Å². The summed E-state index contributed by atoms with van der Waals surface area (Å²) in [5.41, 5.74) is 2.29. The Bertz CT molecular complexity index is 120. The Morgan fingerprint density at radius 2 is 1.90 bits per heavy atom. The minimum atomic E-state index is 0. The number of hydrogen-bond acceptors (Lipinski definition) is 0. The molecular formula is C6H11Cl3V. The SMILES string of the molecule is Cl.Cl.Cl.[CH3][V][C]1=CC=CC1. The third-order valence-corrected chi connectivity index (χ3v) is 2.45. The van der Waals surface area contributed by atoms with Gasteiger partial charge in [0, 0.05) is 0 Å². The summed E-state index contributed by atoms with van der Waals surface area (Å²) in [6.07, 6.45) is 7.83. The first-order chi connectivity index (χ1) is 3.43. The normalized spacial score (nSPS) is 11.9. The van der Waals surface area contributed by atoms with Gasteiger partial charge in [-0.2, -0.15) is 0 Å². The van der Waals surface area contributed by atoms with E-state index in [4.69, 9.17) is 0 Å². The van der Waals surface area contributed by atoms with E-state index in [0.717, 1.165) is 0 Å². The summed E-state index contributed by atoms with van der Waals surface area (Å²) in [6, 6.07) is 0. The zero-order chi connectivity index (χ0) is 5.11. The van der Waals surface area contributed by atoms with Crippen molar-refractivity contribution >= 4 is 37.2 Å². The Labute approximate surface area is 87.8 Å². The summed E-state index contributed by atoms with van der Waals surface area (Å²) < 4.78 is 1.65. The van der Waals surface area contributed by atoms with Crippen LogP contribution in [0.3, 0.4) is 0 Å². The van der Waals surface area contributed by atoms with Gasteiger partial charge < -0.3 is 0 Å². The van der Waals surface area contributed by atoms with E-state index in [9.17, 15) is 0 Å². The Kier molecular flexibility index (Phi) is 17.0. The molecule has 0 aliphatic heterocycles. The van der Waals surface area contributed by atoms with Gasteiger partial charge in [-0.3, -0.25) is 0 Å². The van der Waals surface area contributed by atoms with Gasteiger partial charge >= 0.3 is 50.9 Å². The van der Waals surface area contributed by atoms with Crippen LogP contribution in [0.15, 0.2) is 22.5 Å². The summed E-state index contributed by atoms with van der Waals surface area (Å²) in [6.45, 7) is 0. The van der Waals surface area contributed by atoms with Crippen LogP contribution in [0.5, 0.6) is 0 Å². The molecule has 0 aromatic heterocycles. The molecule has 0 heterocycles. The van der Waals surface area contributed by atoms with Crippen molar-refractivity contribution in [3.8, 4) is 0 Å². The standard InChI is InChI=1S/C5H5.CH3.3ClH.V/c1-2-4-5-3-1;;;;;/h1-3H,4H2;1H3;3*1H;. The van der Waals surface area contributed by atoms with Crippen LogP contribution in [0.25, 0.3) is 0 Å². The van der Waals surface area contributed by atoms with Gasteiger partial charge in [-0.05, 0) is 0 Å². The number of hydrogen-bond donors (Lipinski definition) is 0. The van der Waals surface area contributed by atoms with Crippen LogP contribution < -0.4 is 0 Å². The quantitative estimate of drug-likeness (QED) is 0.660. The van der Waals surface area contributed by atoms with Crippen molar-refractivity contribution in [2.24, 2.45) is 0 Å². The van der Waals surface area contributed by atoms with E-state index in [2.05, 4.69) is 23.9 Å². The van der Waals surface area contributed by atoms with Gasteiger partial charge in [0.2, 0.25) is 0 Å². The molecule has 0 radical (unpaired) electrons. The monoisotopic (exact) mass is 239 g/mol. The van der Waals surface area contributed by atoms with Crippen LogP contribution in [0.1, 0.15) is 6.42 Å². The Hall–Kier alpha value is 0.934. The van der Waals surface area contributed by atoms with Crippen molar-refractivity contribution in [3.05, 3.63) is 22.5 Å². The molecule has 10 heavy (non-hydrogen) atoms. The molecule has 0 saturated carbocycles. The first-order valence-electron chi connectivity index (χ1n) is 2.39. The second kappa shape index (κ2) is 9.93. The molecule has 0 aromatic carbocycles. The van der Waals surface area contributed by atoms with Crippen LogP contribution in [-0.2, 0) is 16.3 Å². The van der Waals surface area contributed by atoms with E-state index in [1.807, 2.05) is 0 Å². The topological polar surface area (TPSA) is 0 Å². The van der Waals surface area contributed by atoms with E-state index >= 15 is 0 Å². The Morgan fingerprint density at radius 3 is 2.10 bits per heavy atom. The Morgan fingerprint density at radius 1 is 1.30 bits per heavy atom.